The second-order valence-corrected chi connectivity index (χ2v) is 6.02. The van der Waals surface area contributed by atoms with Gasteiger partial charge in [0.1, 0.15) is 0 Å². The van der Waals surface area contributed by atoms with Gasteiger partial charge in [0.2, 0.25) is 11.9 Å². The molecule has 22 heavy (non-hydrogen) atoms. The molecule has 6 heteroatoms. The molecule has 1 amide bonds. The van der Waals surface area contributed by atoms with E-state index in [2.05, 4.69) is 15.3 Å². The summed E-state index contributed by atoms with van der Waals surface area (Å²) in [7, 11) is 3.74. The Kier molecular flexibility index (Phi) is 5.49. The fourth-order valence-corrected chi connectivity index (χ4v) is 2.58. The fraction of sp³-hybridized carbons (Fsp3) is 0.562. The van der Waals surface area contributed by atoms with Crippen molar-refractivity contribution in [2.75, 3.05) is 25.5 Å². The van der Waals surface area contributed by atoms with E-state index in [0.717, 1.165) is 31.2 Å². The van der Waals surface area contributed by atoms with E-state index >= 15 is 0 Å². The van der Waals surface area contributed by atoms with Crippen LogP contribution < -0.4 is 10.2 Å². The Morgan fingerprint density at radius 2 is 2.00 bits per heavy atom. The third kappa shape index (κ3) is 4.80. The van der Waals surface area contributed by atoms with Crippen LogP contribution in [-0.2, 0) is 4.79 Å². The van der Waals surface area contributed by atoms with E-state index in [1.54, 1.807) is 18.5 Å². The number of rotatable bonds is 6. The maximum Gasteiger partial charge on any atom is 0.244 e. The lowest BCUT2D eigenvalue weighted by Crippen LogP contribution is -2.32. The number of nitrogens with zero attached hydrogens (tertiary/aromatic N) is 3. The van der Waals surface area contributed by atoms with E-state index in [-0.39, 0.29) is 5.91 Å². The number of aliphatic hydroxyl groups is 1. The summed E-state index contributed by atoms with van der Waals surface area (Å²) in [6, 6.07) is 0. The van der Waals surface area contributed by atoms with Gasteiger partial charge >= 0.3 is 0 Å². The van der Waals surface area contributed by atoms with Gasteiger partial charge < -0.3 is 15.3 Å². The average Bonchev–Trinajstić information content (AvgIpc) is 2.92. The van der Waals surface area contributed by atoms with Gasteiger partial charge in [-0.25, -0.2) is 9.97 Å². The van der Waals surface area contributed by atoms with Crippen molar-refractivity contribution < 1.29 is 9.90 Å². The molecule has 0 unspecified atom stereocenters. The van der Waals surface area contributed by atoms with Crippen molar-refractivity contribution in [2.24, 2.45) is 0 Å². The summed E-state index contributed by atoms with van der Waals surface area (Å²) >= 11 is 0. The van der Waals surface area contributed by atoms with Crippen molar-refractivity contribution in [1.29, 1.82) is 0 Å². The van der Waals surface area contributed by atoms with Gasteiger partial charge in [-0.1, -0.05) is 12.8 Å². The molecule has 0 bridgehead atoms. The first-order chi connectivity index (χ1) is 10.5. The summed E-state index contributed by atoms with van der Waals surface area (Å²) in [6.45, 7) is 0.496. The Hall–Kier alpha value is -1.95. The lowest BCUT2D eigenvalue weighted by molar-refractivity contribution is -0.116. The predicted octanol–water partition coefficient (Wildman–Crippen LogP) is 1.37. The molecule has 1 saturated carbocycles. The molecule has 1 aromatic heterocycles. The van der Waals surface area contributed by atoms with Crippen LogP contribution in [-0.4, -0.2) is 47.2 Å². The molecule has 1 heterocycles. The molecule has 6 nitrogen and oxygen atoms in total. The SMILES string of the molecule is CN(C)c1ncc(C=CC(=O)NCCC2(O)CCCC2)cn1. The molecular weight excluding hydrogens is 280 g/mol. The van der Waals surface area contributed by atoms with Crippen LogP contribution >= 0.6 is 0 Å². The first kappa shape index (κ1) is 16.4. The molecule has 120 valence electrons. The van der Waals surface area contributed by atoms with Crippen LogP contribution in [0.15, 0.2) is 18.5 Å². The average molecular weight is 304 g/mol. The third-order valence-corrected chi connectivity index (χ3v) is 3.91. The number of hydrogen-bond acceptors (Lipinski definition) is 5. The second kappa shape index (κ2) is 7.35. The van der Waals surface area contributed by atoms with E-state index in [9.17, 15) is 9.90 Å². The molecule has 2 N–H and O–H groups in total. The van der Waals surface area contributed by atoms with Crippen LogP contribution in [0.4, 0.5) is 5.95 Å². The summed E-state index contributed by atoms with van der Waals surface area (Å²) in [5.74, 6) is 0.463. The van der Waals surface area contributed by atoms with Crippen LogP contribution in [0.5, 0.6) is 0 Å². The van der Waals surface area contributed by atoms with Crippen molar-refractivity contribution in [3.63, 3.8) is 0 Å². The number of carbonyl (C=O) groups excluding carboxylic acids is 1. The quantitative estimate of drug-likeness (QED) is 0.776. The molecule has 0 atom stereocenters. The van der Waals surface area contributed by atoms with Gasteiger partial charge in [0.25, 0.3) is 0 Å². The normalized spacial score (nSPS) is 16.9. The van der Waals surface area contributed by atoms with Gasteiger partial charge in [-0.15, -0.1) is 0 Å². The molecule has 1 aliphatic rings. The Morgan fingerprint density at radius 1 is 1.36 bits per heavy atom. The number of carbonyl (C=O) groups is 1. The largest absolute Gasteiger partial charge is 0.390 e. The minimum absolute atomic E-state index is 0.168. The van der Waals surface area contributed by atoms with Crippen LogP contribution in [0.2, 0.25) is 0 Å². The van der Waals surface area contributed by atoms with Gasteiger partial charge in [-0.3, -0.25) is 4.79 Å². The van der Waals surface area contributed by atoms with Crippen molar-refractivity contribution in [3.05, 3.63) is 24.0 Å². The first-order valence-corrected chi connectivity index (χ1v) is 7.66. The van der Waals surface area contributed by atoms with Crippen molar-refractivity contribution in [2.45, 2.75) is 37.7 Å². The van der Waals surface area contributed by atoms with Crippen molar-refractivity contribution in [1.82, 2.24) is 15.3 Å². The Morgan fingerprint density at radius 3 is 2.59 bits per heavy atom. The van der Waals surface area contributed by atoms with Gasteiger partial charge in [0.15, 0.2) is 0 Å². The highest BCUT2D eigenvalue weighted by Gasteiger charge is 2.30. The lowest BCUT2D eigenvalue weighted by Gasteiger charge is -2.21. The molecule has 1 aromatic rings. The topological polar surface area (TPSA) is 78.4 Å². The number of anilines is 1. The van der Waals surface area contributed by atoms with Crippen molar-refractivity contribution >= 4 is 17.9 Å². The van der Waals surface area contributed by atoms with E-state index in [4.69, 9.17) is 0 Å². The number of amides is 1. The third-order valence-electron chi connectivity index (χ3n) is 3.91. The standard InChI is InChI=1S/C16H24N4O2/c1-20(2)15-18-11-13(12-19-15)5-6-14(21)17-10-9-16(22)7-3-4-8-16/h5-6,11-12,22H,3-4,7-10H2,1-2H3,(H,17,21). The highest BCUT2D eigenvalue weighted by molar-refractivity contribution is 5.91. The van der Waals surface area contributed by atoms with Gasteiger partial charge in [-0.2, -0.15) is 0 Å². The minimum atomic E-state index is -0.577. The molecule has 0 aliphatic heterocycles. The maximum absolute atomic E-state index is 11.7. The summed E-state index contributed by atoms with van der Waals surface area (Å²) in [5.41, 5.74) is 0.197. The zero-order valence-electron chi connectivity index (χ0n) is 13.2. The molecule has 0 saturated heterocycles. The van der Waals surface area contributed by atoms with E-state index in [1.165, 1.54) is 6.08 Å². The predicted molar refractivity (Wildman–Crippen MR) is 86.4 cm³/mol. The molecule has 0 aromatic carbocycles. The van der Waals surface area contributed by atoms with Gasteiger partial charge in [0.05, 0.1) is 5.60 Å². The Labute approximate surface area is 131 Å². The Bertz CT molecular complexity index is 519. The smallest absolute Gasteiger partial charge is 0.244 e. The zero-order valence-corrected chi connectivity index (χ0v) is 13.2. The molecule has 1 fully saturated rings. The monoisotopic (exact) mass is 304 g/mol. The highest BCUT2D eigenvalue weighted by atomic mass is 16.3. The van der Waals surface area contributed by atoms with Crippen LogP contribution in [0, 0.1) is 0 Å². The lowest BCUT2D eigenvalue weighted by atomic mass is 9.98. The first-order valence-electron chi connectivity index (χ1n) is 7.66. The summed E-state index contributed by atoms with van der Waals surface area (Å²) in [4.78, 5) is 21.9. The Balaban J connectivity index is 1.76. The molecule has 1 aliphatic carbocycles. The maximum atomic E-state index is 11.7. The zero-order chi connectivity index (χ0) is 16.0. The fourth-order valence-electron chi connectivity index (χ4n) is 2.58. The number of aromatic nitrogens is 2. The van der Waals surface area contributed by atoms with E-state index in [0.29, 0.717) is 18.9 Å². The van der Waals surface area contributed by atoms with Crippen LogP contribution in [0.1, 0.15) is 37.7 Å². The number of hydrogen-bond donors (Lipinski definition) is 2. The molecule has 0 radical (unpaired) electrons. The summed E-state index contributed by atoms with van der Waals surface area (Å²) < 4.78 is 0. The molecule has 2 rings (SSSR count). The highest BCUT2D eigenvalue weighted by Crippen LogP contribution is 2.31. The summed E-state index contributed by atoms with van der Waals surface area (Å²) in [6.07, 6.45) is 10.9. The van der Waals surface area contributed by atoms with Crippen molar-refractivity contribution in [3.8, 4) is 0 Å². The number of nitrogens with one attached hydrogen (secondary N) is 1. The van der Waals surface area contributed by atoms with Crippen LogP contribution in [0.3, 0.4) is 0 Å². The second-order valence-electron chi connectivity index (χ2n) is 6.02. The van der Waals surface area contributed by atoms with E-state index < -0.39 is 5.60 Å². The minimum Gasteiger partial charge on any atom is -0.390 e. The summed E-state index contributed by atoms with van der Waals surface area (Å²) in [5, 5.41) is 13.0. The van der Waals surface area contributed by atoms with Gasteiger partial charge in [0, 0.05) is 44.7 Å². The molecular formula is C16H24N4O2. The molecule has 0 spiro atoms. The van der Waals surface area contributed by atoms with Gasteiger partial charge in [-0.05, 0) is 25.3 Å². The van der Waals surface area contributed by atoms with Crippen LogP contribution in [0.25, 0.3) is 6.08 Å². The van der Waals surface area contributed by atoms with E-state index in [1.807, 2.05) is 19.0 Å².